The van der Waals surface area contributed by atoms with Crippen LogP contribution in [0.3, 0.4) is 0 Å². The van der Waals surface area contributed by atoms with Gasteiger partial charge in [-0.2, -0.15) is 0 Å². The van der Waals surface area contributed by atoms with Crippen LogP contribution in [0.15, 0.2) is 24.3 Å². The summed E-state index contributed by atoms with van der Waals surface area (Å²) in [5.41, 5.74) is 7.39. The Hall–Kier alpha value is -1.47. The van der Waals surface area contributed by atoms with E-state index in [0.29, 0.717) is 19.6 Å². The molecule has 6 heteroatoms. The maximum Gasteiger partial charge on any atom is 0.238 e. The van der Waals surface area contributed by atoms with E-state index >= 15 is 0 Å². The molecule has 1 aromatic carbocycles. The highest BCUT2D eigenvalue weighted by atomic mass is 16.3. The van der Waals surface area contributed by atoms with Crippen LogP contribution in [0.4, 0.5) is 5.69 Å². The van der Waals surface area contributed by atoms with Gasteiger partial charge in [0.1, 0.15) is 0 Å². The van der Waals surface area contributed by atoms with Gasteiger partial charge in [-0.15, -0.1) is 0 Å². The van der Waals surface area contributed by atoms with Gasteiger partial charge in [0.05, 0.1) is 13.2 Å². The number of benzene rings is 1. The third-order valence-corrected chi connectivity index (χ3v) is 3.69. The Morgan fingerprint density at radius 3 is 2.62 bits per heavy atom. The van der Waals surface area contributed by atoms with E-state index in [-0.39, 0.29) is 12.5 Å². The SMILES string of the molecule is NCc1cccc(NC(=O)CN2CCN(CCO)CC2)c1. The molecule has 0 aliphatic carbocycles. The van der Waals surface area contributed by atoms with Gasteiger partial charge < -0.3 is 16.2 Å². The average Bonchev–Trinajstić information content (AvgIpc) is 2.49. The minimum Gasteiger partial charge on any atom is -0.395 e. The molecule has 6 nitrogen and oxygen atoms in total. The van der Waals surface area contributed by atoms with Crippen LogP contribution >= 0.6 is 0 Å². The summed E-state index contributed by atoms with van der Waals surface area (Å²) in [5.74, 6) is -0.000204. The van der Waals surface area contributed by atoms with E-state index in [1.807, 2.05) is 24.3 Å². The van der Waals surface area contributed by atoms with Crippen molar-refractivity contribution in [3.63, 3.8) is 0 Å². The van der Waals surface area contributed by atoms with Gasteiger partial charge in [-0.1, -0.05) is 12.1 Å². The molecule has 0 radical (unpaired) electrons. The van der Waals surface area contributed by atoms with Crippen molar-refractivity contribution in [3.8, 4) is 0 Å². The summed E-state index contributed by atoms with van der Waals surface area (Å²) in [4.78, 5) is 16.4. The number of hydrogen-bond donors (Lipinski definition) is 3. The molecule has 1 saturated heterocycles. The zero-order valence-electron chi connectivity index (χ0n) is 12.3. The van der Waals surface area contributed by atoms with Crippen molar-refractivity contribution in [2.75, 3.05) is 51.2 Å². The number of carbonyl (C=O) groups is 1. The normalized spacial score (nSPS) is 16.9. The van der Waals surface area contributed by atoms with E-state index in [1.54, 1.807) is 0 Å². The summed E-state index contributed by atoms with van der Waals surface area (Å²) >= 11 is 0. The van der Waals surface area contributed by atoms with Crippen molar-refractivity contribution in [2.45, 2.75) is 6.54 Å². The molecular weight excluding hydrogens is 268 g/mol. The van der Waals surface area contributed by atoms with Crippen molar-refractivity contribution in [1.29, 1.82) is 0 Å². The molecule has 0 spiro atoms. The van der Waals surface area contributed by atoms with Crippen molar-refractivity contribution in [3.05, 3.63) is 29.8 Å². The second kappa shape index (κ2) is 8.09. The van der Waals surface area contributed by atoms with Gasteiger partial charge in [0, 0.05) is 45.0 Å². The lowest BCUT2D eigenvalue weighted by Gasteiger charge is -2.33. The molecule has 116 valence electrons. The van der Waals surface area contributed by atoms with Crippen LogP contribution in [0.1, 0.15) is 5.56 Å². The Morgan fingerprint density at radius 2 is 1.95 bits per heavy atom. The summed E-state index contributed by atoms with van der Waals surface area (Å²) < 4.78 is 0. The summed E-state index contributed by atoms with van der Waals surface area (Å²) in [6, 6.07) is 7.61. The van der Waals surface area contributed by atoms with Crippen LogP contribution in [-0.4, -0.2) is 66.7 Å². The average molecular weight is 292 g/mol. The fourth-order valence-corrected chi connectivity index (χ4v) is 2.49. The summed E-state index contributed by atoms with van der Waals surface area (Å²) in [6.07, 6.45) is 0. The largest absolute Gasteiger partial charge is 0.395 e. The number of β-amino-alcohol motifs (C(OH)–C–C–N with tert-alkyl or cyclic N) is 1. The highest BCUT2D eigenvalue weighted by molar-refractivity contribution is 5.92. The lowest BCUT2D eigenvalue weighted by Crippen LogP contribution is -2.49. The first kappa shape index (κ1) is 15.9. The van der Waals surface area contributed by atoms with Crippen molar-refractivity contribution >= 4 is 11.6 Å². The number of hydrogen-bond acceptors (Lipinski definition) is 5. The number of rotatable bonds is 6. The Morgan fingerprint density at radius 1 is 1.24 bits per heavy atom. The first-order valence-electron chi connectivity index (χ1n) is 7.35. The second-order valence-electron chi connectivity index (χ2n) is 5.29. The molecule has 1 aliphatic rings. The molecule has 0 saturated carbocycles. The molecule has 0 bridgehead atoms. The second-order valence-corrected chi connectivity index (χ2v) is 5.29. The van der Waals surface area contributed by atoms with E-state index in [4.69, 9.17) is 10.8 Å². The molecule has 0 atom stereocenters. The first-order chi connectivity index (χ1) is 10.2. The third-order valence-electron chi connectivity index (χ3n) is 3.69. The smallest absolute Gasteiger partial charge is 0.238 e. The van der Waals surface area contributed by atoms with Gasteiger partial charge in [0.25, 0.3) is 0 Å². The molecule has 1 aliphatic heterocycles. The molecule has 4 N–H and O–H groups in total. The van der Waals surface area contributed by atoms with Gasteiger partial charge in [0.15, 0.2) is 0 Å². The number of anilines is 1. The van der Waals surface area contributed by atoms with Crippen molar-refractivity contribution < 1.29 is 9.90 Å². The molecule has 1 aromatic rings. The van der Waals surface area contributed by atoms with Crippen LogP contribution in [0.2, 0.25) is 0 Å². The topological polar surface area (TPSA) is 81.8 Å². The van der Waals surface area contributed by atoms with Gasteiger partial charge in [-0.3, -0.25) is 14.6 Å². The third kappa shape index (κ3) is 5.09. The summed E-state index contributed by atoms with van der Waals surface area (Å²) in [7, 11) is 0. The van der Waals surface area contributed by atoms with E-state index in [9.17, 15) is 4.79 Å². The van der Waals surface area contributed by atoms with E-state index in [1.165, 1.54) is 0 Å². The number of aliphatic hydroxyl groups is 1. The zero-order chi connectivity index (χ0) is 15.1. The Bertz CT molecular complexity index is 459. The predicted molar refractivity (Wildman–Crippen MR) is 82.9 cm³/mol. The van der Waals surface area contributed by atoms with E-state index in [0.717, 1.165) is 37.4 Å². The number of nitrogens with two attached hydrogens (primary N) is 1. The van der Waals surface area contributed by atoms with Crippen LogP contribution in [0, 0.1) is 0 Å². The van der Waals surface area contributed by atoms with Crippen LogP contribution in [0.5, 0.6) is 0 Å². The molecule has 0 unspecified atom stereocenters. The number of piperazine rings is 1. The number of carbonyl (C=O) groups excluding carboxylic acids is 1. The van der Waals surface area contributed by atoms with Crippen molar-refractivity contribution in [2.24, 2.45) is 5.73 Å². The predicted octanol–water partition coefficient (Wildman–Crippen LogP) is -0.306. The van der Waals surface area contributed by atoms with E-state index in [2.05, 4.69) is 15.1 Å². The molecule has 1 heterocycles. The van der Waals surface area contributed by atoms with Gasteiger partial charge in [0.2, 0.25) is 5.91 Å². The van der Waals surface area contributed by atoms with Crippen LogP contribution in [-0.2, 0) is 11.3 Å². The summed E-state index contributed by atoms with van der Waals surface area (Å²) in [5, 5.41) is 11.8. The Labute approximate surface area is 125 Å². The van der Waals surface area contributed by atoms with Gasteiger partial charge in [-0.25, -0.2) is 0 Å². The Kier molecular flexibility index (Phi) is 6.13. The quantitative estimate of drug-likeness (QED) is 0.670. The maximum absolute atomic E-state index is 12.0. The monoisotopic (exact) mass is 292 g/mol. The number of nitrogens with one attached hydrogen (secondary N) is 1. The first-order valence-corrected chi connectivity index (χ1v) is 7.35. The van der Waals surface area contributed by atoms with E-state index < -0.39 is 0 Å². The minimum absolute atomic E-state index is 0.000204. The highest BCUT2D eigenvalue weighted by Gasteiger charge is 2.18. The molecule has 1 amide bonds. The fourth-order valence-electron chi connectivity index (χ4n) is 2.49. The molecule has 2 rings (SSSR count). The summed E-state index contributed by atoms with van der Waals surface area (Å²) in [6.45, 7) is 5.29. The number of nitrogens with zero attached hydrogens (tertiary/aromatic N) is 2. The zero-order valence-corrected chi connectivity index (χ0v) is 12.3. The lowest BCUT2D eigenvalue weighted by molar-refractivity contribution is -0.117. The number of aliphatic hydroxyl groups excluding tert-OH is 1. The molecular formula is C15H24N4O2. The highest BCUT2D eigenvalue weighted by Crippen LogP contribution is 2.10. The minimum atomic E-state index is -0.000204. The number of amides is 1. The standard InChI is InChI=1S/C15H24N4O2/c16-11-13-2-1-3-14(10-13)17-15(21)12-19-6-4-18(5-7-19)8-9-20/h1-3,10,20H,4-9,11-12,16H2,(H,17,21). The van der Waals surface area contributed by atoms with Gasteiger partial charge in [-0.05, 0) is 17.7 Å². The van der Waals surface area contributed by atoms with Crippen LogP contribution in [0.25, 0.3) is 0 Å². The maximum atomic E-state index is 12.0. The molecule has 1 fully saturated rings. The molecule has 21 heavy (non-hydrogen) atoms. The van der Waals surface area contributed by atoms with Crippen LogP contribution < -0.4 is 11.1 Å². The van der Waals surface area contributed by atoms with Crippen molar-refractivity contribution in [1.82, 2.24) is 9.80 Å². The Balaban J connectivity index is 1.77. The lowest BCUT2D eigenvalue weighted by atomic mass is 10.2. The fraction of sp³-hybridized carbons (Fsp3) is 0.533. The molecule has 0 aromatic heterocycles. The van der Waals surface area contributed by atoms with Gasteiger partial charge >= 0.3 is 0 Å².